The van der Waals surface area contributed by atoms with Gasteiger partial charge in [-0.3, -0.25) is 0 Å². The first-order chi connectivity index (χ1) is 34.7. The topological polar surface area (TPSA) is 0 Å². The summed E-state index contributed by atoms with van der Waals surface area (Å²) < 4.78 is 0. The Balaban J connectivity index is 1.04. The zero-order valence-electron chi connectivity index (χ0n) is 37.9. The monoisotopic (exact) mass is 878 g/mol. The van der Waals surface area contributed by atoms with Crippen LogP contribution >= 0.6 is 0 Å². The van der Waals surface area contributed by atoms with Gasteiger partial charge in [0.15, 0.2) is 0 Å². The van der Waals surface area contributed by atoms with Gasteiger partial charge in [0.2, 0.25) is 0 Å². The van der Waals surface area contributed by atoms with Crippen LogP contribution in [0.1, 0.15) is 0 Å². The van der Waals surface area contributed by atoms with Crippen molar-refractivity contribution in [2.24, 2.45) is 0 Å². The van der Waals surface area contributed by atoms with Gasteiger partial charge in [-0.25, -0.2) is 0 Å². The molecule has 0 heterocycles. The molecule has 70 heavy (non-hydrogen) atoms. The molecular weight excluding hydrogens is 841 g/mol. The van der Waals surface area contributed by atoms with Gasteiger partial charge in [0.05, 0.1) is 0 Å². The minimum atomic E-state index is 1.21. The van der Waals surface area contributed by atoms with Gasteiger partial charge in [-0.2, -0.15) is 0 Å². The molecule has 0 heteroatoms. The zero-order chi connectivity index (χ0) is 45.3. The van der Waals surface area contributed by atoms with E-state index in [2.05, 4.69) is 231 Å². The molecule has 0 radical (unpaired) electrons. The molecule has 0 N–H and O–H groups in total. The summed E-state index contributed by atoms with van der Waals surface area (Å²) in [6, 6.07) is 88.4. The van der Waals surface area contributed by atoms with Gasteiger partial charge in [0.25, 0.3) is 0 Å². The molecule has 0 spiro atoms. The third-order valence-corrected chi connectivity index (χ3v) is 16.3. The van der Waals surface area contributed by atoms with Crippen molar-refractivity contribution in [3.63, 3.8) is 0 Å². The Morgan fingerprint density at radius 1 is 0.143 bits per heavy atom. The predicted octanol–water partition coefficient (Wildman–Crippen LogP) is 19.9. The molecule has 0 fully saturated rings. The van der Waals surface area contributed by atoms with Crippen LogP contribution in [0.4, 0.5) is 0 Å². The van der Waals surface area contributed by atoms with Crippen LogP contribution < -0.4 is 0 Å². The van der Waals surface area contributed by atoms with Crippen molar-refractivity contribution >= 4 is 129 Å². The molecule has 0 aromatic heterocycles. The Morgan fingerprint density at radius 2 is 0.371 bits per heavy atom. The standard InChI is InChI=1S/C70H38/c1-5-39-17-21-49-33-53(34-50-22-18-40(6-1)63(39)67(49)50)59-37-61(55-29-25-47-15-13-43-9-3-11-45-27-31-57(55)69(47)65(43)45)62(56-30-26-48-16-14-44-10-4-12-46-28-32-58(56)70(48)66(44)46)38-60(59)54-35-51-23-19-41-7-2-8-42-20-24-52(36-54)68(51)64(41)42/h1-38H. The van der Waals surface area contributed by atoms with Gasteiger partial charge >= 0.3 is 0 Å². The number of hydrogen-bond donors (Lipinski definition) is 0. The van der Waals surface area contributed by atoms with E-state index in [9.17, 15) is 0 Å². The minimum Gasteiger partial charge on any atom is -0.0610 e. The lowest BCUT2D eigenvalue weighted by atomic mass is 9.80. The molecule has 0 bridgehead atoms. The summed E-state index contributed by atoms with van der Waals surface area (Å²) in [5.74, 6) is 0. The molecule has 0 aliphatic carbocycles. The number of hydrogen-bond acceptors (Lipinski definition) is 0. The fourth-order valence-corrected chi connectivity index (χ4v) is 13.3. The molecule has 0 aliphatic heterocycles. The molecule has 17 aromatic rings. The average molecular weight is 879 g/mol. The molecule has 0 nitrogen and oxygen atoms in total. The van der Waals surface area contributed by atoms with E-state index in [0.29, 0.717) is 0 Å². The van der Waals surface area contributed by atoms with Gasteiger partial charge in [0.1, 0.15) is 0 Å². The smallest absolute Gasteiger partial charge is 0.00206 e. The Morgan fingerprint density at radius 3 is 0.686 bits per heavy atom. The third-order valence-electron chi connectivity index (χ3n) is 16.3. The highest BCUT2D eigenvalue weighted by Gasteiger charge is 2.23. The molecule has 0 saturated heterocycles. The minimum absolute atomic E-state index is 1.21. The van der Waals surface area contributed by atoms with Crippen LogP contribution in [0.15, 0.2) is 231 Å². The summed E-state index contributed by atoms with van der Waals surface area (Å²) in [7, 11) is 0. The van der Waals surface area contributed by atoms with Crippen molar-refractivity contribution < 1.29 is 0 Å². The van der Waals surface area contributed by atoms with E-state index in [1.165, 1.54) is 174 Å². The van der Waals surface area contributed by atoms with Crippen LogP contribution in [-0.4, -0.2) is 0 Å². The van der Waals surface area contributed by atoms with Crippen LogP contribution in [0, 0.1) is 0 Å². The van der Waals surface area contributed by atoms with Crippen molar-refractivity contribution in [2.45, 2.75) is 0 Å². The quantitative estimate of drug-likeness (QED) is 0.155. The molecule has 17 rings (SSSR count). The SMILES string of the molecule is c1cc2ccc3cc(-c4cc(-c5ccc6ccc7cccc8ccc5c6c78)c(-c5ccc6ccc7cccc8ccc5c6c78)cc4-c4cc5ccc6cccc7ccc(c4)c5c67)cc4ccc(c1)c2c34. The largest absolute Gasteiger partial charge is 0.0610 e. The van der Waals surface area contributed by atoms with Crippen molar-refractivity contribution in [3.05, 3.63) is 231 Å². The van der Waals surface area contributed by atoms with Crippen LogP contribution in [-0.2, 0) is 0 Å². The van der Waals surface area contributed by atoms with E-state index in [-0.39, 0.29) is 0 Å². The number of rotatable bonds is 4. The fourth-order valence-electron chi connectivity index (χ4n) is 13.3. The summed E-state index contributed by atoms with van der Waals surface area (Å²) in [4.78, 5) is 0. The second-order valence-electron chi connectivity index (χ2n) is 19.9. The maximum atomic E-state index is 2.56. The van der Waals surface area contributed by atoms with E-state index < -0.39 is 0 Å². The van der Waals surface area contributed by atoms with Crippen LogP contribution in [0.3, 0.4) is 0 Å². The van der Waals surface area contributed by atoms with Crippen LogP contribution in [0.5, 0.6) is 0 Å². The Hall–Kier alpha value is -9.10. The summed E-state index contributed by atoms with van der Waals surface area (Å²) in [6.07, 6.45) is 0. The summed E-state index contributed by atoms with van der Waals surface area (Å²) in [5.41, 5.74) is 9.82. The van der Waals surface area contributed by atoms with Crippen molar-refractivity contribution in [1.29, 1.82) is 0 Å². The van der Waals surface area contributed by atoms with E-state index in [4.69, 9.17) is 0 Å². The second-order valence-corrected chi connectivity index (χ2v) is 19.9. The zero-order valence-corrected chi connectivity index (χ0v) is 37.9. The van der Waals surface area contributed by atoms with Gasteiger partial charge in [0, 0.05) is 0 Å². The molecule has 17 aromatic carbocycles. The molecule has 318 valence electrons. The first-order valence-corrected chi connectivity index (χ1v) is 24.5. The lowest BCUT2D eigenvalue weighted by molar-refractivity contribution is 1.59. The van der Waals surface area contributed by atoms with Crippen molar-refractivity contribution in [3.8, 4) is 44.5 Å². The first kappa shape index (κ1) is 37.0. The fraction of sp³-hybridized carbons (Fsp3) is 0. The van der Waals surface area contributed by atoms with E-state index >= 15 is 0 Å². The van der Waals surface area contributed by atoms with Gasteiger partial charge in [-0.15, -0.1) is 0 Å². The van der Waals surface area contributed by atoms with Gasteiger partial charge in [-0.05, 0) is 210 Å². The molecule has 0 atom stereocenters. The average Bonchev–Trinajstić information content (AvgIpc) is 3.42. The molecule has 0 saturated carbocycles. The lowest BCUT2D eigenvalue weighted by Gasteiger charge is -2.23. The van der Waals surface area contributed by atoms with Gasteiger partial charge in [-0.1, -0.05) is 194 Å². The highest BCUT2D eigenvalue weighted by Crippen LogP contribution is 2.51. The van der Waals surface area contributed by atoms with E-state index in [0.717, 1.165) is 0 Å². The lowest BCUT2D eigenvalue weighted by Crippen LogP contribution is -1.96. The highest BCUT2D eigenvalue weighted by molar-refractivity contribution is 6.30. The van der Waals surface area contributed by atoms with Crippen LogP contribution in [0.25, 0.3) is 174 Å². The maximum Gasteiger partial charge on any atom is -0.00206 e. The first-order valence-electron chi connectivity index (χ1n) is 24.5. The van der Waals surface area contributed by atoms with E-state index in [1.54, 1.807) is 0 Å². The molecule has 0 aliphatic rings. The predicted molar refractivity (Wildman–Crippen MR) is 303 cm³/mol. The van der Waals surface area contributed by atoms with Crippen LogP contribution in [0.2, 0.25) is 0 Å². The second kappa shape index (κ2) is 13.3. The van der Waals surface area contributed by atoms with Crippen molar-refractivity contribution in [1.82, 2.24) is 0 Å². The highest BCUT2D eigenvalue weighted by atomic mass is 14.3. The molecule has 0 amide bonds. The summed E-state index contributed by atoms with van der Waals surface area (Å²) in [6.45, 7) is 0. The normalized spacial score (nSPS) is 12.6. The Labute approximate surface area is 402 Å². The summed E-state index contributed by atoms with van der Waals surface area (Å²) in [5, 5.41) is 31.1. The third kappa shape index (κ3) is 4.89. The van der Waals surface area contributed by atoms with Gasteiger partial charge < -0.3 is 0 Å². The summed E-state index contributed by atoms with van der Waals surface area (Å²) >= 11 is 0. The van der Waals surface area contributed by atoms with E-state index in [1.807, 2.05) is 0 Å². The maximum absolute atomic E-state index is 2.56. The molecular formula is C70H38. The Kier molecular flexibility index (Phi) is 7.03. The van der Waals surface area contributed by atoms with Crippen molar-refractivity contribution in [2.75, 3.05) is 0 Å². The Bertz CT molecular complexity index is 4570. The number of benzene rings is 17. The molecule has 0 unspecified atom stereocenters.